The molecule has 0 fully saturated rings. The lowest BCUT2D eigenvalue weighted by molar-refractivity contribution is 0.300. The minimum absolute atomic E-state index is 0.00415. The first-order chi connectivity index (χ1) is 13.5. The second-order valence-corrected chi connectivity index (χ2v) is 7.79. The third kappa shape index (κ3) is 5.09. The smallest absolute Gasteiger partial charge is 0.276 e. The summed E-state index contributed by atoms with van der Waals surface area (Å²) in [4.78, 5) is 2.28. The lowest BCUT2D eigenvalue weighted by atomic mass is 10.2. The van der Waals surface area contributed by atoms with Gasteiger partial charge >= 0.3 is 0 Å². The third-order valence-electron chi connectivity index (χ3n) is 3.76. The van der Waals surface area contributed by atoms with Crippen LogP contribution in [0.2, 0.25) is 5.02 Å². The number of sulfonamides is 1. The summed E-state index contributed by atoms with van der Waals surface area (Å²) in [7, 11) is -3.71. The van der Waals surface area contributed by atoms with Crippen LogP contribution in [0, 0.1) is 5.82 Å². The summed E-state index contributed by atoms with van der Waals surface area (Å²) in [5.74, 6) is 0.0864. The minimum atomic E-state index is -3.71. The first kappa shape index (κ1) is 19.9. The molecule has 0 saturated carbocycles. The SMILES string of the molecule is O=S(=O)(NN=Cc1ccc(OCc2c(F)cccc2Cl)cc1)c1ccccc1. The average Bonchev–Trinajstić information content (AvgIpc) is 2.69. The molecular weight excluding hydrogens is 403 g/mol. The summed E-state index contributed by atoms with van der Waals surface area (Å²) in [6.07, 6.45) is 1.37. The van der Waals surface area contributed by atoms with Crippen molar-refractivity contribution in [3.63, 3.8) is 0 Å². The normalized spacial score (nSPS) is 11.5. The largest absolute Gasteiger partial charge is 0.489 e. The van der Waals surface area contributed by atoms with E-state index in [0.29, 0.717) is 16.3 Å². The highest BCUT2D eigenvalue weighted by atomic mass is 35.5. The van der Waals surface area contributed by atoms with Gasteiger partial charge in [0.2, 0.25) is 0 Å². The molecule has 0 aliphatic heterocycles. The Morgan fingerprint density at radius 1 is 1.00 bits per heavy atom. The molecule has 0 aromatic heterocycles. The van der Waals surface area contributed by atoms with Crippen LogP contribution < -0.4 is 9.57 Å². The average molecular weight is 419 g/mol. The van der Waals surface area contributed by atoms with E-state index < -0.39 is 15.8 Å². The van der Waals surface area contributed by atoms with Crippen LogP contribution >= 0.6 is 11.6 Å². The van der Waals surface area contributed by atoms with Gasteiger partial charge in [0, 0.05) is 5.56 Å². The van der Waals surface area contributed by atoms with Crippen LogP contribution in [0.15, 0.2) is 82.8 Å². The quantitative estimate of drug-likeness (QED) is 0.457. The van der Waals surface area contributed by atoms with Crippen molar-refractivity contribution in [1.82, 2.24) is 4.83 Å². The fourth-order valence-corrected chi connectivity index (χ4v) is 3.33. The van der Waals surface area contributed by atoms with E-state index in [0.717, 1.165) is 0 Å². The van der Waals surface area contributed by atoms with Crippen LogP contribution in [0.4, 0.5) is 4.39 Å². The number of hydrogen-bond acceptors (Lipinski definition) is 4. The van der Waals surface area contributed by atoms with E-state index in [-0.39, 0.29) is 17.1 Å². The van der Waals surface area contributed by atoms with Gasteiger partial charge in [-0.2, -0.15) is 13.5 Å². The Bertz CT molecular complexity index is 1050. The number of halogens is 2. The molecule has 0 heterocycles. The topological polar surface area (TPSA) is 67.8 Å². The van der Waals surface area contributed by atoms with Gasteiger partial charge in [-0.05, 0) is 54.1 Å². The lowest BCUT2D eigenvalue weighted by Crippen LogP contribution is -2.18. The van der Waals surface area contributed by atoms with Crippen molar-refractivity contribution < 1.29 is 17.5 Å². The van der Waals surface area contributed by atoms with Crippen LogP contribution in [-0.4, -0.2) is 14.6 Å². The van der Waals surface area contributed by atoms with Crippen molar-refractivity contribution in [3.8, 4) is 5.75 Å². The Balaban J connectivity index is 1.59. The second-order valence-electron chi connectivity index (χ2n) is 5.72. The Hall–Kier alpha value is -2.90. The summed E-state index contributed by atoms with van der Waals surface area (Å²) in [5.41, 5.74) is 0.942. The van der Waals surface area contributed by atoms with E-state index in [1.807, 2.05) is 0 Å². The molecule has 0 spiro atoms. The van der Waals surface area contributed by atoms with E-state index in [2.05, 4.69) is 9.93 Å². The predicted molar refractivity (Wildman–Crippen MR) is 107 cm³/mol. The molecule has 0 unspecified atom stereocenters. The van der Waals surface area contributed by atoms with Gasteiger partial charge in [0.15, 0.2) is 0 Å². The van der Waals surface area contributed by atoms with Crippen molar-refractivity contribution in [2.75, 3.05) is 0 Å². The maximum absolute atomic E-state index is 13.7. The van der Waals surface area contributed by atoms with Crippen LogP contribution in [0.5, 0.6) is 5.75 Å². The Morgan fingerprint density at radius 3 is 2.39 bits per heavy atom. The molecule has 1 N–H and O–H groups in total. The first-order valence-corrected chi connectivity index (χ1v) is 10.1. The monoisotopic (exact) mass is 418 g/mol. The molecule has 144 valence electrons. The fourth-order valence-electron chi connectivity index (χ4n) is 2.30. The molecule has 0 bridgehead atoms. The van der Waals surface area contributed by atoms with E-state index in [9.17, 15) is 12.8 Å². The second kappa shape index (κ2) is 8.86. The van der Waals surface area contributed by atoms with Gasteiger partial charge in [0.05, 0.1) is 16.1 Å². The molecule has 8 heteroatoms. The van der Waals surface area contributed by atoms with Crippen molar-refractivity contribution in [1.29, 1.82) is 0 Å². The molecule has 3 rings (SSSR count). The minimum Gasteiger partial charge on any atom is -0.489 e. The number of ether oxygens (including phenoxy) is 1. The van der Waals surface area contributed by atoms with Crippen LogP contribution in [0.3, 0.4) is 0 Å². The highest BCUT2D eigenvalue weighted by Crippen LogP contribution is 2.21. The van der Waals surface area contributed by atoms with Crippen LogP contribution in [0.1, 0.15) is 11.1 Å². The first-order valence-electron chi connectivity index (χ1n) is 8.21. The predicted octanol–water partition coefficient (Wildman–Crippen LogP) is 4.37. The molecule has 5 nitrogen and oxygen atoms in total. The Kier molecular flexibility index (Phi) is 6.28. The van der Waals surface area contributed by atoms with Gasteiger partial charge in [0.1, 0.15) is 18.2 Å². The number of rotatable bonds is 7. The molecule has 3 aromatic rings. The van der Waals surface area contributed by atoms with Crippen LogP contribution in [-0.2, 0) is 16.6 Å². The zero-order chi connectivity index (χ0) is 20.0. The third-order valence-corrected chi connectivity index (χ3v) is 5.36. The van der Waals surface area contributed by atoms with E-state index in [4.69, 9.17) is 16.3 Å². The molecular formula is C20H16ClFN2O3S. The van der Waals surface area contributed by atoms with Gasteiger partial charge in [-0.1, -0.05) is 35.9 Å². The maximum Gasteiger partial charge on any atom is 0.276 e. The summed E-state index contributed by atoms with van der Waals surface area (Å²) in [5, 5.41) is 4.07. The summed E-state index contributed by atoms with van der Waals surface area (Å²) in [6.45, 7) is -0.00415. The summed E-state index contributed by atoms with van der Waals surface area (Å²) < 4.78 is 43.4. The molecule has 0 saturated heterocycles. The number of hydrogen-bond donors (Lipinski definition) is 1. The van der Waals surface area contributed by atoms with E-state index >= 15 is 0 Å². The molecule has 0 amide bonds. The molecule has 0 atom stereocenters. The molecule has 0 aliphatic rings. The van der Waals surface area contributed by atoms with E-state index in [1.54, 1.807) is 48.5 Å². The van der Waals surface area contributed by atoms with Crippen molar-refractivity contribution in [2.45, 2.75) is 11.5 Å². The van der Waals surface area contributed by atoms with E-state index in [1.165, 1.54) is 30.5 Å². The number of benzene rings is 3. The maximum atomic E-state index is 13.7. The highest BCUT2D eigenvalue weighted by molar-refractivity contribution is 7.89. The zero-order valence-electron chi connectivity index (χ0n) is 14.5. The van der Waals surface area contributed by atoms with Gasteiger partial charge < -0.3 is 4.74 Å². The van der Waals surface area contributed by atoms with Crippen molar-refractivity contribution >= 4 is 27.8 Å². The summed E-state index contributed by atoms with van der Waals surface area (Å²) >= 11 is 5.97. The fraction of sp³-hybridized carbons (Fsp3) is 0.0500. The highest BCUT2D eigenvalue weighted by Gasteiger charge is 2.11. The summed E-state index contributed by atoms with van der Waals surface area (Å²) in [6, 6.07) is 19.1. The number of nitrogens with one attached hydrogen (secondary N) is 1. The van der Waals surface area contributed by atoms with Gasteiger partial charge in [-0.25, -0.2) is 9.22 Å². The molecule has 28 heavy (non-hydrogen) atoms. The van der Waals surface area contributed by atoms with Crippen LogP contribution in [0.25, 0.3) is 0 Å². The molecule has 3 aromatic carbocycles. The number of hydrazone groups is 1. The zero-order valence-corrected chi connectivity index (χ0v) is 16.1. The Labute approximate surface area is 167 Å². The van der Waals surface area contributed by atoms with Crippen molar-refractivity contribution in [3.05, 3.63) is 94.8 Å². The lowest BCUT2D eigenvalue weighted by Gasteiger charge is -2.09. The molecule has 0 radical (unpaired) electrons. The molecule has 0 aliphatic carbocycles. The van der Waals surface area contributed by atoms with Gasteiger partial charge in [-0.15, -0.1) is 0 Å². The van der Waals surface area contributed by atoms with Gasteiger partial charge in [0.25, 0.3) is 10.0 Å². The standard InChI is InChI=1S/C20H16ClFN2O3S/c21-19-7-4-8-20(22)18(19)14-27-16-11-9-15(10-12-16)13-23-24-28(25,26)17-5-2-1-3-6-17/h1-13,24H,14H2. The number of nitrogens with zero attached hydrogens (tertiary/aromatic N) is 1. The Morgan fingerprint density at radius 2 is 1.71 bits per heavy atom. The van der Waals surface area contributed by atoms with Crippen molar-refractivity contribution in [2.24, 2.45) is 5.10 Å². The van der Waals surface area contributed by atoms with Gasteiger partial charge in [-0.3, -0.25) is 0 Å².